The zero-order valence-corrected chi connectivity index (χ0v) is 11.3. The van der Waals surface area contributed by atoms with E-state index in [1.54, 1.807) is 7.05 Å². The van der Waals surface area contributed by atoms with Crippen molar-refractivity contribution < 1.29 is 13.2 Å². The highest BCUT2D eigenvalue weighted by atomic mass is 32.2. The molecule has 4 unspecified atom stereocenters. The van der Waals surface area contributed by atoms with Crippen molar-refractivity contribution in [3.8, 4) is 0 Å². The Morgan fingerprint density at radius 1 is 1.47 bits per heavy atom. The predicted octanol–water partition coefficient (Wildman–Crippen LogP) is -0.724. The maximum absolute atomic E-state index is 12.0. The number of rotatable bonds is 4. The van der Waals surface area contributed by atoms with Crippen molar-refractivity contribution in [2.24, 2.45) is 11.7 Å². The van der Waals surface area contributed by atoms with Crippen LogP contribution in [0.2, 0.25) is 0 Å². The van der Waals surface area contributed by atoms with Crippen molar-refractivity contribution in [2.45, 2.75) is 44.5 Å². The van der Waals surface area contributed by atoms with Crippen LogP contribution in [0.15, 0.2) is 0 Å². The number of hydrogen-bond acceptors (Lipinski definition) is 4. The quantitative estimate of drug-likeness (QED) is 0.701. The number of nitrogens with two attached hydrogens (primary N) is 1. The Kier molecular flexibility index (Phi) is 3.48. The minimum Gasteiger partial charge on any atom is -0.376 e. The molecule has 0 radical (unpaired) electrons. The standard InChI is InChI=1S/C10H21N3O3S/c1-6(2)13(3)17(14,15)12-9-8(11)7-4-5-16-10(7)9/h6-10,12H,4-5,11H2,1-3H3. The molecule has 0 aromatic carbocycles. The molecule has 17 heavy (non-hydrogen) atoms. The van der Waals surface area contributed by atoms with E-state index in [0.29, 0.717) is 12.5 Å². The van der Waals surface area contributed by atoms with Gasteiger partial charge in [0.15, 0.2) is 0 Å². The number of nitrogens with one attached hydrogen (secondary N) is 1. The number of nitrogens with zero attached hydrogens (tertiary/aromatic N) is 1. The zero-order valence-electron chi connectivity index (χ0n) is 10.5. The van der Waals surface area contributed by atoms with E-state index >= 15 is 0 Å². The van der Waals surface area contributed by atoms with Crippen LogP contribution >= 0.6 is 0 Å². The fraction of sp³-hybridized carbons (Fsp3) is 1.00. The third-order valence-corrected chi connectivity index (χ3v) is 5.59. The van der Waals surface area contributed by atoms with E-state index < -0.39 is 10.2 Å². The molecule has 0 spiro atoms. The zero-order chi connectivity index (χ0) is 12.8. The third kappa shape index (κ3) is 2.22. The fourth-order valence-electron chi connectivity index (χ4n) is 2.43. The molecule has 6 nitrogen and oxygen atoms in total. The van der Waals surface area contributed by atoms with Gasteiger partial charge in [0.2, 0.25) is 0 Å². The van der Waals surface area contributed by atoms with Gasteiger partial charge in [-0.25, -0.2) is 0 Å². The van der Waals surface area contributed by atoms with Crippen LogP contribution in [0.3, 0.4) is 0 Å². The van der Waals surface area contributed by atoms with Gasteiger partial charge in [-0.05, 0) is 20.3 Å². The first kappa shape index (κ1) is 13.2. The van der Waals surface area contributed by atoms with Crippen LogP contribution in [-0.2, 0) is 14.9 Å². The van der Waals surface area contributed by atoms with E-state index in [2.05, 4.69) is 4.72 Å². The van der Waals surface area contributed by atoms with E-state index in [-0.39, 0.29) is 24.2 Å². The van der Waals surface area contributed by atoms with Gasteiger partial charge in [-0.1, -0.05) is 0 Å². The van der Waals surface area contributed by atoms with Crippen LogP contribution in [0.25, 0.3) is 0 Å². The van der Waals surface area contributed by atoms with E-state index in [0.717, 1.165) is 6.42 Å². The Hall–Kier alpha value is -0.210. The van der Waals surface area contributed by atoms with Crippen LogP contribution < -0.4 is 10.5 Å². The average Bonchev–Trinajstić information content (AvgIpc) is 2.69. The molecule has 2 rings (SSSR count). The average molecular weight is 263 g/mol. The first-order chi connectivity index (χ1) is 7.84. The Labute approximate surface area is 103 Å². The highest BCUT2D eigenvalue weighted by Crippen LogP contribution is 2.38. The summed E-state index contributed by atoms with van der Waals surface area (Å²) in [5.74, 6) is 0.312. The van der Waals surface area contributed by atoms with Crippen molar-refractivity contribution >= 4 is 10.2 Å². The topological polar surface area (TPSA) is 84.7 Å². The summed E-state index contributed by atoms with van der Waals surface area (Å²) >= 11 is 0. The van der Waals surface area contributed by atoms with Gasteiger partial charge in [0, 0.05) is 31.7 Å². The van der Waals surface area contributed by atoms with Gasteiger partial charge >= 0.3 is 0 Å². The summed E-state index contributed by atoms with van der Waals surface area (Å²) in [5.41, 5.74) is 5.97. The lowest BCUT2D eigenvalue weighted by molar-refractivity contribution is -0.00982. The van der Waals surface area contributed by atoms with Crippen molar-refractivity contribution in [3.05, 3.63) is 0 Å². The van der Waals surface area contributed by atoms with E-state index in [1.165, 1.54) is 4.31 Å². The van der Waals surface area contributed by atoms with Gasteiger partial charge < -0.3 is 10.5 Å². The Bertz CT molecular complexity index is 384. The molecule has 1 saturated heterocycles. The second-order valence-corrected chi connectivity index (χ2v) is 6.89. The van der Waals surface area contributed by atoms with Crippen molar-refractivity contribution in [1.82, 2.24) is 9.03 Å². The third-order valence-electron chi connectivity index (χ3n) is 3.84. The van der Waals surface area contributed by atoms with Crippen LogP contribution in [0.1, 0.15) is 20.3 Å². The van der Waals surface area contributed by atoms with Gasteiger partial charge in [0.25, 0.3) is 10.2 Å². The van der Waals surface area contributed by atoms with Crippen molar-refractivity contribution in [1.29, 1.82) is 0 Å². The molecule has 1 aliphatic carbocycles. The number of ether oxygens (including phenoxy) is 1. The molecule has 2 fully saturated rings. The smallest absolute Gasteiger partial charge is 0.279 e. The van der Waals surface area contributed by atoms with Gasteiger partial charge in [0.05, 0.1) is 12.1 Å². The van der Waals surface area contributed by atoms with Crippen LogP contribution in [0.5, 0.6) is 0 Å². The monoisotopic (exact) mass is 263 g/mol. The van der Waals surface area contributed by atoms with E-state index in [9.17, 15) is 8.42 Å². The molecular weight excluding hydrogens is 242 g/mol. The normalized spacial score (nSPS) is 37.3. The fourth-order valence-corrected chi connectivity index (χ4v) is 3.78. The summed E-state index contributed by atoms with van der Waals surface area (Å²) in [5, 5.41) is 0. The lowest BCUT2D eigenvalue weighted by atomic mass is 9.73. The lowest BCUT2D eigenvalue weighted by Crippen LogP contribution is -2.70. The van der Waals surface area contributed by atoms with Gasteiger partial charge in [-0.15, -0.1) is 0 Å². The molecule has 7 heteroatoms. The highest BCUT2D eigenvalue weighted by Gasteiger charge is 2.53. The summed E-state index contributed by atoms with van der Waals surface area (Å²) < 4.78 is 33.5. The molecule has 2 aliphatic rings. The first-order valence-corrected chi connectivity index (χ1v) is 7.41. The molecule has 0 bridgehead atoms. The highest BCUT2D eigenvalue weighted by molar-refractivity contribution is 7.87. The summed E-state index contributed by atoms with van der Waals surface area (Å²) in [6.07, 6.45) is 0.893. The second-order valence-electron chi connectivity index (χ2n) is 5.12. The molecule has 0 amide bonds. The molecule has 1 aliphatic heterocycles. The lowest BCUT2D eigenvalue weighted by Gasteiger charge is -2.45. The second kappa shape index (κ2) is 4.47. The Morgan fingerprint density at radius 2 is 2.12 bits per heavy atom. The van der Waals surface area contributed by atoms with Gasteiger partial charge in [-0.3, -0.25) is 0 Å². The number of hydrogen-bond donors (Lipinski definition) is 2. The molecule has 100 valence electrons. The molecule has 4 atom stereocenters. The summed E-state index contributed by atoms with van der Waals surface area (Å²) in [4.78, 5) is 0. The molecule has 3 N–H and O–H groups in total. The first-order valence-electron chi connectivity index (χ1n) is 5.97. The minimum atomic E-state index is -3.47. The molecule has 0 aromatic heterocycles. The molecule has 1 heterocycles. The van der Waals surface area contributed by atoms with Crippen LogP contribution in [-0.4, -0.2) is 50.6 Å². The van der Waals surface area contributed by atoms with Gasteiger partial charge in [0.1, 0.15) is 0 Å². The molecular formula is C10H21N3O3S. The minimum absolute atomic E-state index is 0.0414. The summed E-state index contributed by atoms with van der Waals surface area (Å²) in [7, 11) is -1.91. The Balaban J connectivity index is 2.02. The van der Waals surface area contributed by atoms with E-state index in [1.807, 2.05) is 13.8 Å². The maximum Gasteiger partial charge on any atom is 0.279 e. The molecule has 1 saturated carbocycles. The summed E-state index contributed by atoms with van der Waals surface area (Å²) in [6.45, 7) is 4.34. The maximum atomic E-state index is 12.0. The largest absolute Gasteiger partial charge is 0.376 e. The SMILES string of the molecule is CC(C)N(C)S(=O)(=O)NC1C(N)C2CCOC21. The summed E-state index contributed by atoms with van der Waals surface area (Å²) in [6, 6.07) is -0.490. The molecule has 0 aromatic rings. The van der Waals surface area contributed by atoms with Gasteiger partial charge in [-0.2, -0.15) is 17.4 Å². The predicted molar refractivity (Wildman–Crippen MR) is 64.6 cm³/mol. The van der Waals surface area contributed by atoms with E-state index in [4.69, 9.17) is 10.5 Å². The van der Waals surface area contributed by atoms with Crippen LogP contribution in [0, 0.1) is 5.92 Å². The van der Waals surface area contributed by atoms with Crippen LogP contribution in [0.4, 0.5) is 0 Å². The Morgan fingerprint density at radius 3 is 2.71 bits per heavy atom. The van der Waals surface area contributed by atoms with Crippen molar-refractivity contribution in [3.63, 3.8) is 0 Å². The van der Waals surface area contributed by atoms with Crippen molar-refractivity contribution in [2.75, 3.05) is 13.7 Å². The number of fused-ring (bicyclic) bond motifs is 1.